The normalized spacial score (nSPS) is 16.5. The Hall–Kier alpha value is -2.44. The highest BCUT2D eigenvalue weighted by Crippen LogP contribution is 2.29. The molecular formula is C24H28Cl2N4O2. The van der Waals surface area contributed by atoms with Gasteiger partial charge in [-0.2, -0.15) is 0 Å². The Labute approximate surface area is 198 Å². The number of fused-ring (bicyclic) bond motifs is 1. The first-order chi connectivity index (χ1) is 15.2. The smallest absolute Gasteiger partial charge is 0.410 e. The number of nitrogens with zero attached hydrogens (tertiary/aromatic N) is 3. The molecule has 1 amide bonds. The Morgan fingerprint density at radius 2 is 1.88 bits per heavy atom. The summed E-state index contributed by atoms with van der Waals surface area (Å²) in [4.78, 5) is 19.2. The van der Waals surface area contributed by atoms with Gasteiger partial charge in [0.1, 0.15) is 5.60 Å². The van der Waals surface area contributed by atoms with Gasteiger partial charge in [-0.05, 0) is 57.9 Å². The molecule has 1 unspecified atom stereocenters. The second-order valence-electron chi connectivity index (χ2n) is 9.06. The van der Waals surface area contributed by atoms with Crippen LogP contribution in [0.25, 0.3) is 11.0 Å². The molecule has 0 saturated carbocycles. The van der Waals surface area contributed by atoms with Crippen LogP contribution in [0.5, 0.6) is 0 Å². The van der Waals surface area contributed by atoms with Crippen molar-refractivity contribution in [2.45, 2.75) is 51.8 Å². The lowest BCUT2D eigenvalue weighted by molar-refractivity contribution is 0.0235. The Kier molecular flexibility index (Phi) is 6.54. The van der Waals surface area contributed by atoms with E-state index in [1.54, 1.807) is 0 Å². The number of aromatic nitrogens is 2. The minimum atomic E-state index is -0.514. The Morgan fingerprint density at radius 1 is 1.16 bits per heavy atom. The minimum absolute atomic E-state index is 0.0435. The van der Waals surface area contributed by atoms with Crippen LogP contribution in [0.4, 0.5) is 10.7 Å². The molecular weight excluding hydrogens is 447 g/mol. The lowest BCUT2D eigenvalue weighted by Crippen LogP contribution is -2.42. The zero-order valence-corrected chi connectivity index (χ0v) is 20.1. The summed E-state index contributed by atoms with van der Waals surface area (Å²) < 4.78 is 7.67. The predicted molar refractivity (Wildman–Crippen MR) is 130 cm³/mol. The number of nitrogens with one attached hydrogen (secondary N) is 1. The number of benzene rings is 2. The van der Waals surface area contributed by atoms with E-state index in [2.05, 4.69) is 9.88 Å². The van der Waals surface area contributed by atoms with Crippen molar-refractivity contribution < 1.29 is 9.53 Å². The number of rotatable bonds is 5. The maximum atomic E-state index is 12.6. The Balaban J connectivity index is 1.57. The van der Waals surface area contributed by atoms with Crippen LogP contribution in [0.15, 0.2) is 42.5 Å². The van der Waals surface area contributed by atoms with Crippen molar-refractivity contribution in [1.29, 1.82) is 0 Å². The lowest BCUT2D eigenvalue weighted by atomic mass is 10.2. The van der Waals surface area contributed by atoms with E-state index in [1.807, 2.05) is 68.1 Å². The summed E-state index contributed by atoms with van der Waals surface area (Å²) in [5, 5.41) is 4.71. The molecule has 4 rings (SSSR count). The largest absolute Gasteiger partial charge is 0.444 e. The molecule has 1 aliphatic heterocycles. The van der Waals surface area contributed by atoms with E-state index in [-0.39, 0.29) is 12.1 Å². The van der Waals surface area contributed by atoms with Gasteiger partial charge >= 0.3 is 6.09 Å². The van der Waals surface area contributed by atoms with Gasteiger partial charge in [0.25, 0.3) is 0 Å². The first-order valence-corrected chi connectivity index (χ1v) is 11.6. The SMILES string of the molecule is CC(C)(C)OC(=O)N1CCCC1CNc1nc2ccccc2n1Cc1c(Cl)cccc1Cl. The van der Waals surface area contributed by atoms with Crippen LogP contribution in [0.3, 0.4) is 0 Å². The van der Waals surface area contributed by atoms with Gasteiger partial charge in [0, 0.05) is 28.7 Å². The molecule has 2 aromatic carbocycles. The number of hydrogen-bond acceptors (Lipinski definition) is 4. The highest BCUT2D eigenvalue weighted by Gasteiger charge is 2.32. The van der Waals surface area contributed by atoms with Gasteiger partial charge in [-0.1, -0.05) is 41.4 Å². The van der Waals surface area contributed by atoms with Gasteiger partial charge in [-0.3, -0.25) is 0 Å². The maximum absolute atomic E-state index is 12.6. The van der Waals surface area contributed by atoms with Gasteiger partial charge in [0.2, 0.25) is 5.95 Å². The summed E-state index contributed by atoms with van der Waals surface area (Å²) in [6.07, 6.45) is 1.61. The highest BCUT2D eigenvalue weighted by molar-refractivity contribution is 6.36. The number of halogens is 2. The monoisotopic (exact) mass is 474 g/mol. The number of likely N-dealkylation sites (tertiary alicyclic amines) is 1. The molecule has 32 heavy (non-hydrogen) atoms. The van der Waals surface area contributed by atoms with E-state index >= 15 is 0 Å². The van der Waals surface area contributed by atoms with Gasteiger partial charge in [-0.15, -0.1) is 0 Å². The second kappa shape index (κ2) is 9.20. The highest BCUT2D eigenvalue weighted by atomic mass is 35.5. The quantitative estimate of drug-likeness (QED) is 0.477. The summed E-state index contributed by atoms with van der Waals surface area (Å²) in [5.74, 6) is 0.721. The van der Waals surface area contributed by atoms with Crippen molar-refractivity contribution >= 4 is 46.3 Å². The standard InChI is InChI=1S/C24H28Cl2N4O2/c1-24(2,3)32-23(31)29-13-7-8-16(29)14-27-22-28-20-11-4-5-12-21(20)30(22)15-17-18(25)9-6-10-19(17)26/h4-6,9-12,16H,7-8,13-15H2,1-3H3,(H,27,28). The summed E-state index contributed by atoms with van der Waals surface area (Å²) >= 11 is 12.9. The van der Waals surface area contributed by atoms with Crippen LogP contribution in [-0.4, -0.2) is 45.3 Å². The molecule has 1 N–H and O–H groups in total. The number of ether oxygens (including phenoxy) is 1. The molecule has 0 spiro atoms. The van der Waals surface area contributed by atoms with Crippen molar-refractivity contribution in [1.82, 2.24) is 14.5 Å². The number of carbonyl (C=O) groups is 1. The Bertz CT molecular complexity index is 1100. The number of imidazole rings is 1. The van der Waals surface area contributed by atoms with E-state index in [0.717, 1.165) is 35.4 Å². The summed E-state index contributed by atoms with van der Waals surface area (Å²) in [7, 11) is 0. The molecule has 1 saturated heterocycles. The predicted octanol–water partition coefficient (Wildman–Crippen LogP) is 6.20. The molecule has 3 aromatic rings. The fourth-order valence-electron chi connectivity index (χ4n) is 4.03. The molecule has 8 heteroatoms. The van der Waals surface area contributed by atoms with E-state index in [0.29, 0.717) is 29.7 Å². The molecule has 1 atom stereocenters. The van der Waals surface area contributed by atoms with Crippen molar-refractivity contribution in [2.75, 3.05) is 18.4 Å². The molecule has 2 heterocycles. The van der Waals surface area contributed by atoms with Gasteiger partial charge in [0.05, 0.1) is 23.6 Å². The molecule has 1 fully saturated rings. The molecule has 0 bridgehead atoms. The third-order valence-electron chi connectivity index (χ3n) is 5.53. The molecule has 6 nitrogen and oxygen atoms in total. The van der Waals surface area contributed by atoms with Crippen LogP contribution in [0, 0.1) is 0 Å². The topological polar surface area (TPSA) is 59.4 Å². The molecule has 1 aliphatic rings. The van der Waals surface area contributed by atoms with Gasteiger partial charge < -0.3 is 19.5 Å². The zero-order valence-electron chi connectivity index (χ0n) is 18.6. The van der Waals surface area contributed by atoms with E-state index in [4.69, 9.17) is 32.9 Å². The maximum Gasteiger partial charge on any atom is 0.410 e. The fourth-order valence-corrected chi connectivity index (χ4v) is 4.55. The molecule has 1 aromatic heterocycles. The first kappa shape index (κ1) is 22.7. The number of para-hydroxylation sites is 2. The van der Waals surface area contributed by atoms with Crippen molar-refractivity contribution in [3.63, 3.8) is 0 Å². The molecule has 0 aliphatic carbocycles. The van der Waals surface area contributed by atoms with E-state index in [9.17, 15) is 4.79 Å². The number of amides is 1. The van der Waals surface area contributed by atoms with Crippen LogP contribution in [-0.2, 0) is 11.3 Å². The van der Waals surface area contributed by atoms with E-state index in [1.165, 1.54) is 0 Å². The van der Waals surface area contributed by atoms with Gasteiger partial charge in [0.15, 0.2) is 0 Å². The average molecular weight is 475 g/mol. The third kappa shape index (κ3) is 4.97. The van der Waals surface area contributed by atoms with E-state index < -0.39 is 5.60 Å². The number of anilines is 1. The lowest BCUT2D eigenvalue weighted by Gasteiger charge is -2.28. The molecule has 170 valence electrons. The van der Waals surface area contributed by atoms with Crippen molar-refractivity contribution in [2.24, 2.45) is 0 Å². The van der Waals surface area contributed by atoms with Crippen LogP contribution in [0.2, 0.25) is 10.0 Å². The number of hydrogen-bond donors (Lipinski definition) is 1. The summed E-state index contributed by atoms with van der Waals surface area (Å²) in [6.45, 7) is 7.43. The van der Waals surface area contributed by atoms with Crippen LogP contribution in [0.1, 0.15) is 39.2 Å². The fraction of sp³-hybridized carbons (Fsp3) is 0.417. The average Bonchev–Trinajstić information content (AvgIpc) is 3.32. The summed E-state index contributed by atoms with van der Waals surface area (Å²) in [6, 6.07) is 13.5. The first-order valence-electron chi connectivity index (χ1n) is 10.8. The molecule has 0 radical (unpaired) electrons. The van der Waals surface area contributed by atoms with Crippen molar-refractivity contribution in [3.05, 3.63) is 58.1 Å². The van der Waals surface area contributed by atoms with Crippen molar-refractivity contribution in [3.8, 4) is 0 Å². The minimum Gasteiger partial charge on any atom is -0.444 e. The summed E-state index contributed by atoms with van der Waals surface area (Å²) in [5.41, 5.74) is 2.20. The zero-order chi connectivity index (χ0) is 22.9. The van der Waals surface area contributed by atoms with Gasteiger partial charge in [-0.25, -0.2) is 9.78 Å². The van der Waals surface area contributed by atoms with Crippen LogP contribution >= 0.6 is 23.2 Å². The second-order valence-corrected chi connectivity index (χ2v) is 9.88. The Morgan fingerprint density at radius 3 is 2.59 bits per heavy atom. The number of carbonyl (C=O) groups excluding carboxylic acids is 1. The third-order valence-corrected chi connectivity index (χ3v) is 6.24. The van der Waals surface area contributed by atoms with Crippen LogP contribution < -0.4 is 5.32 Å².